The van der Waals surface area contributed by atoms with Crippen molar-refractivity contribution >= 4 is 0 Å². The van der Waals surface area contributed by atoms with Crippen molar-refractivity contribution in [3.05, 3.63) is 28.8 Å². The van der Waals surface area contributed by atoms with Gasteiger partial charge in [-0.15, -0.1) is 0 Å². The number of hydrogen-bond donors (Lipinski definition) is 1. The maximum atomic E-state index is 6.34. The fourth-order valence-corrected chi connectivity index (χ4v) is 2.43. The molecule has 1 saturated heterocycles. The Bertz CT molecular complexity index is 397. The maximum Gasteiger partial charge on any atom is 0.126 e. The van der Waals surface area contributed by atoms with Crippen molar-refractivity contribution in [2.45, 2.75) is 26.3 Å². The van der Waals surface area contributed by atoms with Gasteiger partial charge in [0, 0.05) is 24.1 Å². The second-order valence-electron chi connectivity index (χ2n) is 4.78. The van der Waals surface area contributed by atoms with Gasteiger partial charge in [0.25, 0.3) is 0 Å². The average molecular weight is 235 g/mol. The van der Waals surface area contributed by atoms with Crippen LogP contribution in [0.15, 0.2) is 12.1 Å². The lowest BCUT2D eigenvalue weighted by atomic mass is 9.90. The predicted octanol–water partition coefficient (Wildman–Crippen LogP) is 2.35. The molecule has 2 N–H and O–H groups in total. The summed E-state index contributed by atoms with van der Waals surface area (Å²) in [6, 6.07) is 4.21. The van der Waals surface area contributed by atoms with Gasteiger partial charge in [-0.2, -0.15) is 0 Å². The molecule has 1 aromatic carbocycles. The van der Waals surface area contributed by atoms with Crippen molar-refractivity contribution in [1.82, 2.24) is 0 Å². The van der Waals surface area contributed by atoms with Gasteiger partial charge in [0.1, 0.15) is 5.75 Å². The van der Waals surface area contributed by atoms with Gasteiger partial charge in [-0.05, 0) is 31.4 Å². The Balaban J connectivity index is 2.33. The topological polar surface area (TPSA) is 44.5 Å². The number of rotatable bonds is 3. The number of nitrogens with two attached hydrogens (primary N) is 1. The van der Waals surface area contributed by atoms with Gasteiger partial charge < -0.3 is 15.2 Å². The van der Waals surface area contributed by atoms with E-state index in [1.807, 2.05) is 0 Å². The van der Waals surface area contributed by atoms with Crippen molar-refractivity contribution in [3.63, 3.8) is 0 Å². The Morgan fingerprint density at radius 3 is 2.76 bits per heavy atom. The van der Waals surface area contributed by atoms with Crippen LogP contribution in [0.4, 0.5) is 0 Å². The molecule has 0 aromatic heterocycles. The molecule has 1 heterocycles. The fourth-order valence-electron chi connectivity index (χ4n) is 2.43. The smallest absolute Gasteiger partial charge is 0.126 e. The van der Waals surface area contributed by atoms with E-state index in [9.17, 15) is 0 Å². The molecular formula is C14H21NO2. The van der Waals surface area contributed by atoms with Crippen LogP contribution >= 0.6 is 0 Å². The number of aryl methyl sites for hydroxylation is 1. The van der Waals surface area contributed by atoms with Gasteiger partial charge in [0.15, 0.2) is 0 Å². The van der Waals surface area contributed by atoms with Crippen LogP contribution in [0.5, 0.6) is 5.75 Å². The van der Waals surface area contributed by atoms with E-state index in [1.54, 1.807) is 7.11 Å². The van der Waals surface area contributed by atoms with E-state index in [0.717, 1.165) is 30.9 Å². The van der Waals surface area contributed by atoms with Gasteiger partial charge in [-0.1, -0.05) is 12.1 Å². The molecule has 3 heteroatoms. The normalized spacial score (nSPS) is 21.5. The van der Waals surface area contributed by atoms with Crippen LogP contribution < -0.4 is 10.5 Å². The molecule has 0 bridgehead atoms. The second-order valence-corrected chi connectivity index (χ2v) is 4.78. The molecule has 0 radical (unpaired) electrons. The second kappa shape index (κ2) is 5.07. The molecule has 1 aliphatic rings. The lowest BCUT2D eigenvalue weighted by Crippen LogP contribution is -2.22. The van der Waals surface area contributed by atoms with E-state index in [2.05, 4.69) is 26.0 Å². The van der Waals surface area contributed by atoms with E-state index >= 15 is 0 Å². The van der Waals surface area contributed by atoms with Crippen LogP contribution in [0, 0.1) is 19.8 Å². The van der Waals surface area contributed by atoms with Crippen molar-refractivity contribution in [3.8, 4) is 5.75 Å². The standard InChI is InChI=1S/C14H21NO2/c1-9-4-5-12(14(16-3)10(9)2)13(15)11-6-7-17-8-11/h4-5,11,13H,6-8,15H2,1-3H3. The third kappa shape index (κ3) is 2.31. The molecular weight excluding hydrogens is 214 g/mol. The molecule has 2 atom stereocenters. The Morgan fingerprint density at radius 1 is 1.41 bits per heavy atom. The lowest BCUT2D eigenvalue weighted by Gasteiger charge is -2.22. The first-order chi connectivity index (χ1) is 8.15. The molecule has 0 saturated carbocycles. The van der Waals surface area contributed by atoms with E-state index in [0.29, 0.717) is 5.92 Å². The summed E-state index contributed by atoms with van der Waals surface area (Å²) in [5.74, 6) is 1.34. The zero-order valence-corrected chi connectivity index (χ0v) is 10.8. The van der Waals surface area contributed by atoms with Crippen molar-refractivity contribution in [2.75, 3.05) is 20.3 Å². The molecule has 2 rings (SSSR count). The molecule has 2 unspecified atom stereocenters. The van der Waals surface area contributed by atoms with Crippen LogP contribution in [0.25, 0.3) is 0 Å². The zero-order valence-electron chi connectivity index (χ0n) is 10.8. The van der Waals surface area contributed by atoms with Crippen molar-refractivity contribution < 1.29 is 9.47 Å². The molecule has 0 amide bonds. The highest BCUT2D eigenvalue weighted by atomic mass is 16.5. The molecule has 0 spiro atoms. The SMILES string of the molecule is COc1c(C(N)C2CCOC2)ccc(C)c1C. The van der Waals surface area contributed by atoms with Crippen LogP contribution in [0.3, 0.4) is 0 Å². The van der Waals surface area contributed by atoms with E-state index in [-0.39, 0.29) is 6.04 Å². The highest BCUT2D eigenvalue weighted by Gasteiger charge is 2.26. The molecule has 1 aliphatic heterocycles. The molecule has 94 valence electrons. The molecule has 3 nitrogen and oxygen atoms in total. The number of benzene rings is 1. The van der Waals surface area contributed by atoms with Crippen LogP contribution in [0.1, 0.15) is 29.2 Å². The summed E-state index contributed by atoms with van der Waals surface area (Å²) in [5.41, 5.74) is 9.86. The highest BCUT2D eigenvalue weighted by Crippen LogP contribution is 2.35. The van der Waals surface area contributed by atoms with Crippen molar-refractivity contribution in [1.29, 1.82) is 0 Å². The van der Waals surface area contributed by atoms with Crippen LogP contribution in [-0.2, 0) is 4.74 Å². The number of methoxy groups -OCH3 is 1. The summed E-state index contributed by atoms with van der Waals surface area (Å²) >= 11 is 0. The summed E-state index contributed by atoms with van der Waals surface area (Å²) in [6.45, 7) is 5.75. The van der Waals surface area contributed by atoms with Gasteiger partial charge in [-0.25, -0.2) is 0 Å². The van der Waals surface area contributed by atoms with E-state index in [1.165, 1.54) is 11.1 Å². The number of hydrogen-bond acceptors (Lipinski definition) is 3. The Hall–Kier alpha value is -1.06. The van der Waals surface area contributed by atoms with Crippen molar-refractivity contribution in [2.24, 2.45) is 11.7 Å². The van der Waals surface area contributed by atoms with Gasteiger partial charge in [-0.3, -0.25) is 0 Å². The maximum absolute atomic E-state index is 6.34. The first-order valence-corrected chi connectivity index (χ1v) is 6.12. The Kier molecular flexibility index (Phi) is 3.69. The lowest BCUT2D eigenvalue weighted by molar-refractivity contribution is 0.180. The fraction of sp³-hybridized carbons (Fsp3) is 0.571. The van der Waals surface area contributed by atoms with Crippen LogP contribution in [-0.4, -0.2) is 20.3 Å². The van der Waals surface area contributed by atoms with E-state index < -0.39 is 0 Å². The van der Waals surface area contributed by atoms with Gasteiger partial charge >= 0.3 is 0 Å². The minimum atomic E-state index is 0.00625. The summed E-state index contributed by atoms with van der Waals surface area (Å²) in [5, 5.41) is 0. The highest BCUT2D eigenvalue weighted by molar-refractivity contribution is 5.46. The Morgan fingerprint density at radius 2 is 2.18 bits per heavy atom. The molecule has 1 fully saturated rings. The Labute approximate surface area is 103 Å². The minimum Gasteiger partial charge on any atom is -0.496 e. The molecule has 1 aromatic rings. The summed E-state index contributed by atoms with van der Waals surface area (Å²) in [4.78, 5) is 0. The third-order valence-electron chi connectivity index (χ3n) is 3.74. The minimum absolute atomic E-state index is 0.00625. The van der Waals surface area contributed by atoms with Gasteiger partial charge in [0.05, 0.1) is 13.7 Å². The molecule has 17 heavy (non-hydrogen) atoms. The quantitative estimate of drug-likeness (QED) is 0.874. The predicted molar refractivity (Wildman–Crippen MR) is 68.3 cm³/mol. The zero-order chi connectivity index (χ0) is 12.4. The third-order valence-corrected chi connectivity index (χ3v) is 3.74. The summed E-state index contributed by atoms with van der Waals surface area (Å²) < 4.78 is 10.9. The largest absolute Gasteiger partial charge is 0.496 e. The average Bonchev–Trinajstić information content (AvgIpc) is 2.85. The van der Waals surface area contributed by atoms with Crippen LogP contribution in [0.2, 0.25) is 0 Å². The summed E-state index contributed by atoms with van der Waals surface area (Å²) in [7, 11) is 1.71. The first kappa shape index (κ1) is 12.4. The first-order valence-electron chi connectivity index (χ1n) is 6.12. The molecule has 0 aliphatic carbocycles. The monoisotopic (exact) mass is 235 g/mol. The van der Waals surface area contributed by atoms with Gasteiger partial charge in [0.2, 0.25) is 0 Å². The summed E-state index contributed by atoms with van der Waals surface area (Å²) in [6.07, 6.45) is 1.04. The van der Waals surface area contributed by atoms with E-state index in [4.69, 9.17) is 15.2 Å². The number of ether oxygens (including phenoxy) is 2.